The average Bonchev–Trinajstić information content (AvgIpc) is 3.30. The van der Waals surface area contributed by atoms with Crippen molar-refractivity contribution in [2.24, 2.45) is 23.7 Å². The Morgan fingerprint density at radius 2 is 1.37 bits per heavy atom. The first-order valence-corrected chi connectivity index (χ1v) is 8.99. The Bertz CT molecular complexity index is 906. The van der Waals surface area contributed by atoms with Crippen LogP contribution in [0, 0.1) is 23.7 Å². The number of allylic oxidation sites excluding steroid dienone is 2. The zero-order valence-corrected chi connectivity index (χ0v) is 15.1. The van der Waals surface area contributed by atoms with Gasteiger partial charge in [0.15, 0.2) is 0 Å². The molecular weight excluding hydrogens is 418 g/mol. The SMILES string of the molecule is O=C(CN1C(=O)C2C3C=CC(C3)C2C1=O)Nc1cc(C(F)(F)F)cc(C(F)(F)F)c1. The third kappa shape index (κ3) is 3.35. The fourth-order valence-electron chi connectivity index (χ4n) is 4.49. The zero-order valence-electron chi connectivity index (χ0n) is 15.1. The van der Waals surface area contributed by atoms with Crippen molar-refractivity contribution >= 4 is 23.4 Å². The first-order chi connectivity index (χ1) is 13.9. The molecule has 3 aliphatic rings. The minimum Gasteiger partial charge on any atom is -0.325 e. The van der Waals surface area contributed by atoms with Gasteiger partial charge in [-0.15, -0.1) is 0 Å². The lowest BCUT2D eigenvalue weighted by molar-refractivity contribution is -0.144. The lowest BCUT2D eigenvalue weighted by atomic mass is 9.85. The van der Waals surface area contributed by atoms with Gasteiger partial charge in [0.25, 0.3) is 0 Å². The van der Waals surface area contributed by atoms with Gasteiger partial charge >= 0.3 is 12.4 Å². The van der Waals surface area contributed by atoms with Gasteiger partial charge in [-0.05, 0) is 36.5 Å². The van der Waals surface area contributed by atoms with E-state index in [-0.39, 0.29) is 17.9 Å². The number of imide groups is 1. The molecule has 2 bridgehead atoms. The van der Waals surface area contributed by atoms with E-state index in [1.54, 1.807) is 0 Å². The second-order valence-corrected chi connectivity index (χ2v) is 7.61. The fourth-order valence-corrected chi connectivity index (χ4v) is 4.49. The molecule has 1 N–H and O–H groups in total. The van der Waals surface area contributed by atoms with E-state index in [2.05, 4.69) is 0 Å². The second kappa shape index (κ2) is 6.58. The number of nitrogens with zero attached hydrogens (tertiary/aromatic N) is 1. The van der Waals surface area contributed by atoms with E-state index in [1.807, 2.05) is 17.5 Å². The van der Waals surface area contributed by atoms with Gasteiger partial charge < -0.3 is 5.32 Å². The highest BCUT2D eigenvalue weighted by molar-refractivity contribution is 6.09. The van der Waals surface area contributed by atoms with Crippen LogP contribution in [0.15, 0.2) is 30.4 Å². The standard InChI is InChI=1S/C19H14F6N2O3/c20-18(21,22)10-4-11(19(23,24)25)6-12(5-10)26-13(28)7-27-16(29)14-8-1-2-9(3-8)15(14)17(27)30/h1-2,4-6,8-9,14-15H,3,7H2,(H,26,28). The van der Waals surface area contributed by atoms with Crippen molar-refractivity contribution in [3.05, 3.63) is 41.5 Å². The van der Waals surface area contributed by atoms with Gasteiger partial charge in [0, 0.05) is 5.69 Å². The number of anilines is 1. The Labute approximate surface area is 165 Å². The van der Waals surface area contributed by atoms with Crippen LogP contribution in [0.2, 0.25) is 0 Å². The molecule has 0 spiro atoms. The number of carbonyl (C=O) groups is 3. The number of carbonyl (C=O) groups excluding carboxylic acids is 3. The normalized spacial score (nSPS) is 27.7. The van der Waals surface area contributed by atoms with Crippen LogP contribution in [0.5, 0.6) is 0 Å². The molecular formula is C19H14F6N2O3. The van der Waals surface area contributed by atoms with E-state index >= 15 is 0 Å². The molecule has 1 heterocycles. The Kier molecular flexibility index (Phi) is 4.48. The van der Waals surface area contributed by atoms with E-state index in [0.29, 0.717) is 18.6 Å². The summed E-state index contributed by atoms with van der Waals surface area (Å²) in [6.45, 7) is -0.776. The molecule has 2 aliphatic carbocycles. The molecule has 11 heteroatoms. The summed E-state index contributed by atoms with van der Waals surface area (Å²) in [5.41, 5.74) is -3.90. The maximum Gasteiger partial charge on any atom is 0.416 e. The van der Waals surface area contributed by atoms with Gasteiger partial charge in [-0.25, -0.2) is 0 Å². The minimum absolute atomic E-state index is 0.0624. The molecule has 4 rings (SSSR count). The lowest BCUT2D eigenvalue weighted by Crippen LogP contribution is -2.39. The largest absolute Gasteiger partial charge is 0.416 e. The second-order valence-electron chi connectivity index (χ2n) is 7.61. The molecule has 0 radical (unpaired) electrons. The Balaban J connectivity index is 1.52. The Morgan fingerprint density at radius 3 is 1.80 bits per heavy atom. The summed E-state index contributed by atoms with van der Waals surface area (Å²) in [5.74, 6) is -3.47. The summed E-state index contributed by atoms with van der Waals surface area (Å²) in [7, 11) is 0. The van der Waals surface area contributed by atoms with E-state index in [9.17, 15) is 40.7 Å². The number of likely N-dealkylation sites (tertiary alicyclic amines) is 1. The summed E-state index contributed by atoms with van der Waals surface area (Å²) >= 11 is 0. The predicted molar refractivity (Wildman–Crippen MR) is 89.5 cm³/mol. The molecule has 2 fully saturated rings. The third-order valence-corrected chi connectivity index (χ3v) is 5.73. The molecule has 1 aromatic rings. The van der Waals surface area contributed by atoms with Crippen LogP contribution in [0.3, 0.4) is 0 Å². The van der Waals surface area contributed by atoms with E-state index in [0.717, 1.165) is 4.90 Å². The van der Waals surface area contributed by atoms with Gasteiger partial charge in [-0.3, -0.25) is 19.3 Å². The van der Waals surface area contributed by atoms with Crippen LogP contribution in [0.4, 0.5) is 32.0 Å². The molecule has 30 heavy (non-hydrogen) atoms. The predicted octanol–water partition coefficient (Wildman–Crippen LogP) is 3.47. The molecule has 3 amide bonds. The fraction of sp³-hybridized carbons (Fsp3) is 0.421. The minimum atomic E-state index is -5.06. The number of hydrogen-bond donors (Lipinski definition) is 1. The van der Waals surface area contributed by atoms with Crippen LogP contribution in [0.1, 0.15) is 17.5 Å². The maximum absolute atomic E-state index is 12.9. The first-order valence-electron chi connectivity index (χ1n) is 8.99. The van der Waals surface area contributed by atoms with Gasteiger partial charge in [0.1, 0.15) is 6.54 Å². The smallest absolute Gasteiger partial charge is 0.325 e. The highest BCUT2D eigenvalue weighted by Gasteiger charge is 2.59. The first kappa shape index (κ1) is 20.4. The monoisotopic (exact) mass is 432 g/mol. The number of halogens is 6. The number of alkyl halides is 6. The van der Waals surface area contributed by atoms with Gasteiger partial charge in [-0.2, -0.15) is 26.3 Å². The van der Waals surface area contributed by atoms with Gasteiger partial charge in [-0.1, -0.05) is 12.2 Å². The molecule has 4 unspecified atom stereocenters. The van der Waals surface area contributed by atoms with Crippen molar-refractivity contribution < 1.29 is 40.7 Å². The van der Waals surface area contributed by atoms with Crippen molar-refractivity contribution in [1.82, 2.24) is 4.90 Å². The number of fused-ring (bicyclic) bond motifs is 5. The van der Waals surface area contributed by atoms with Crippen LogP contribution >= 0.6 is 0 Å². The molecule has 1 saturated carbocycles. The van der Waals surface area contributed by atoms with Crippen LogP contribution in [0.25, 0.3) is 0 Å². The highest BCUT2D eigenvalue weighted by Crippen LogP contribution is 2.52. The van der Waals surface area contributed by atoms with Crippen LogP contribution in [-0.4, -0.2) is 29.2 Å². The molecule has 0 aromatic heterocycles. The molecule has 4 atom stereocenters. The number of hydrogen-bond acceptors (Lipinski definition) is 3. The molecule has 160 valence electrons. The van der Waals surface area contributed by atoms with Crippen molar-refractivity contribution in [2.75, 3.05) is 11.9 Å². The third-order valence-electron chi connectivity index (χ3n) is 5.73. The summed E-state index contributed by atoms with van der Waals surface area (Å²) in [6.07, 6.45) is -5.75. The highest BCUT2D eigenvalue weighted by atomic mass is 19.4. The maximum atomic E-state index is 12.9. The number of nitrogens with one attached hydrogen (secondary N) is 1. The van der Waals surface area contributed by atoms with Crippen molar-refractivity contribution in [3.8, 4) is 0 Å². The summed E-state index contributed by atoms with van der Waals surface area (Å²) in [6, 6.07) is 0.659. The number of amides is 3. The van der Waals surface area contributed by atoms with Crippen molar-refractivity contribution in [2.45, 2.75) is 18.8 Å². The molecule has 5 nitrogen and oxygen atoms in total. The lowest BCUT2D eigenvalue weighted by Gasteiger charge is -2.18. The van der Waals surface area contributed by atoms with E-state index < -0.39 is 65.3 Å². The van der Waals surface area contributed by atoms with Crippen LogP contribution in [-0.2, 0) is 26.7 Å². The summed E-state index contributed by atoms with van der Waals surface area (Å²) < 4.78 is 77.6. The Hall–Kier alpha value is -2.85. The number of rotatable bonds is 3. The molecule has 1 aliphatic heterocycles. The quantitative estimate of drug-likeness (QED) is 0.452. The van der Waals surface area contributed by atoms with Crippen LogP contribution < -0.4 is 5.32 Å². The van der Waals surface area contributed by atoms with E-state index in [4.69, 9.17) is 0 Å². The molecule has 1 aromatic carbocycles. The number of benzene rings is 1. The summed E-state index contributed by atoms with van der Waals surface area (Å²) in [4.78, 5) is 38.1. The average molecular weight is 432 g/mol. The van der Waals surface area contributed by atoms with Crippen molar-refractivity contribution in [3.63, 3.8) is 0 Å². The van der Waals surface area contributed by atoms with Gasteiger partial charge in [0.05, 0.1) is 23.0 Å². The topological polar surface area (TPSA) is 66.5 Å². The van der Waals surface area contributed by atoms with Gasteiger partial charge in [0.2, 0.25) is 17.7 Å². The Morgan fingerprint density at radius 1 is 0.900 bits per heavy atom. The zero-order chi connectivity index (χ0) is 22.0. The molecule has 1 saturated heterocycles. The van der Waals surface area contributed by atoms with Crippen molar-refractivity contribution in [1.29, 1.82) is 0 Å². The van der Waals surface area contributed by atoms with E-state index in [1.165, 1.54) is 0 Å². The summed E-state index contributed by atoms with van der Waals surface area (Å²) in [5, 5.41) is 1.94.